The van der Waals surface area contributed by atoms with E-state index in [2.05, 4.69) is 9.97 Å². The summed E-state index contributed by atoms with van der Waals surface area (Å²) in [5.74, 6) is 0. The van der Waals surface area contributed by atoms with Gasteiger partial charge >= 0.3 is 0 Å². The molecule has 1 aromatic heterocycles. The van der Waals surface area contributed by atoms with Crippen LogP contribution >= 0.6 is 23.4 Å². The third-order valence-electron chi connectivity index (χ3n) is 2.02. The molecule has 0 unspecified atom stereocenters. The van der Waals surface area contributed by atoms with Gasteiger partial charge in [0, 0.05) is 17.3 Å². The molecular formula is C12H8ClN3S. The Morgan fingerprint density at radius 2 is 2.00 bits per heavy atom. The predicted octanol–water partition coefficient (Wildman–Crippen LogP) is 3.46. The smallest absolute Gasteiger partial charge is 0.192 e. The second-order valence-corrected chi connectivity index (χ2v) is 4.82. The Hall–Kier alpha value is -1.57. The van der Waals surface area contributed by atoms with Crippen LogP contribution in [0.3, 0.4) is 0 Å². The molecule has 2 rings (SSSR count). The van der Waals surface area contributed by atoms with Crippen LogP contribution in [0.5, 0.6) is 0 Å². The average molecular weight is 262 g/mol. The summed E-state index contributed by atoms with van der Waals surface area (Å²) in [6, 6.07) is 7.20. The molecule has 2 aromatic rings. The summed E-state index contributed by atoms with van der Waals surface area (Å²) in [4.78, 5) is 9.21. The molecule has 0 aliphatic heterocycles. The summed E-state index contributed by atoms with van der Waals surface area (Å²) >= 11 is 7.44. The van der Waals surface area contributed by atoms with Crippen molar-refractivity contribution in [3.05, 3.63) is 46.7 Å². The average Bonchev–Trinajstić information content (AvgIpc) is 2.34. The molecule has 0 N–H and O–H groups in total. The SMILES string of the molecule is Cc1cnc(Sc2ccc(C#N)cc2Cl)nc1. The maximum atomic E-state index is 8.73. The standard InChI is InChI=1S/C12H8ClN3S/c1-8-6-15-12(16-7-8)17-11-3-2-9(5-14)4-10(11)13/h2-4,6-7H,1H3. The molecule has 0 spiro atoms. The van der Waals surface area contributed by atoms with Crippen LogP contribution in [0.4, 0.5) is 0 Å². The second-order valence-electron chi connectivity index (χ2n) is 3.40. The Bertz CT molecular complexity index is 575. The van der Waals surface area contributed by atoms with E-state index in [1.54, 1.807) is 30.6 Å². The van der Waals surface area contributed by atoms with E-state index in [4.69, 9.17) is 16.9 Å². The highest BCUT2D eigenvalue weighted by Gasteiger charge is 2.05. The monoisotopic (exact) mass is 261 g/mol. The van der Waals surface area contributed by atoms with Crippen LogP contribution in [0.15, 0.2) is 40.6 Å². The minimum absolute atomic E-state index is 0.540. The van der Waals surface area contributed by atoms with Gasteiger partial charge in [-0.05, 0) is 42.4 Å². The molecule has 0 bridgehead atoms. The number of hydrogen-bond acceptors (Lipinski definition) is 4. The van der Waals surface area contributed by atoms with Crippen molar-refractivity contribution in [3.63, 3.8) is 0 Å². The fraction of sp³-hybridized carbons (Fsp3) is 0.0833. The first-order chi connectivity index (χ1) is 8.19. The Balaban J connectivity index is 2.25. The zero-order chi connectivity index (χ0) is 12.3. The summed E-state index contributed by atoms with van der Waals surface area (Å²) in [6.07, 6.45) is 3.51. The summed E-state index contributed by atoms with van der Waals surface area (Å²) in [5.41, 5.74) is 1.56. The maximum absolute atomic E-state index is 8.73. The number of halogens is 1. The first kappa shape index (κ1) is 11.9. The van der Waals surface area contributed by atoms with Crippen LogP contribution in [0.25, 0.3) is 0 Å². The lowest BCUT2D eigenvalue weighted by Crippen LogP contribution is -1.87. The maximum Gasteiger partial charge on any atom is 0.192 e. The Labute approximate surface area is 108 Å². The number of nitriles is 1. The number of nitrogens with zero attached hydrogens (tertiary/aromatic N) is 3. The van der Waals surface area contributed by atoms with Crippen LogP contribution in [0, 0.1) is 18.3 Å². The van der Waals surface area contributed by atoms with Crippen molar-refractivity contribution in [1.82, 2.24) is 9.97 Å². The van der Waals surface area contributed by atoms with E-state index in [-0.39, 0.29) is 0 Å². The Morgan fingerprint density at radius 3 is 2.59 bits per heavy atom. The first-order valence-electron chi connectivity index (χ1n) is 4.85. The summed E-state index contributed by atoms with van der Waals surface area (Å²) in [5, 5.41) is 9.91. The predicted molar refractivity (Wildman–Crippen MR) is 67.1 cm³/mol. The van der Waals surface area contributed by atoms with Crippen molar-refractivity contribution < 1.29 is 0 Å². The summed E-state index contributed by atoms with van der Waals surface area (Å²) in [7, 11) is 0. The zero-order valence-electron chi connectivity index (χ0n) is 9.01. The molecule has 0 amide bonds. The van der Waals surface area contributed by atoms with Crippen molar-refractivity contribution in [1.29, 1.82) is 5.26 Å². The van der Waals surface area contributed by atoms with Crippen molar-refractivity contribution in [3.8, 4) is 6.07 Å². The van der Waals surface area contributed by atoms with Crippen LogP contribution in [-0.4, -0.2) is 9.97 Å². The highest BCUT2D eigenvalue weighted by Crippen LogP contribution is 2.31. The van der Waals surface area contributed by atoms with Crippen molar-refractivity contribution in [2.75, 3.05) is 0 Å². The molecule has 0 saturated carbocycles. The molecule has 0 saturated heterocycles. The molecule has 0 radical (unpaired) electrons. The quantitative estimate of drug-likeness (QED) is 0.777. The number of aryl methyl sites for hydroxylation is 1. The molecular weight excluding hydrogens is 254 g/mol. The molecule has 0 aliphatic carbocycles. The number of rotatable bonds is 2. The fourth-order valence-corrected chi connectivity index (χ4v) is 2.18. The van der Waals surface area contributed by atoms with Crippen molar-refractivity contribution in [2.24, 2.45) is 0 Å². The Kier molecular flexibility index (Phi) is 3.62. The highest BCUT2D eigenvalue weighted by molar-refractivity contribution is 7.99. The summed E-state index contributed by atoms with van der Waals surface area (Å²) < 4.78 is 0. The van der Waals surface area contributed by atoms with Crippen molar-refractivity contribution in [2.45, 2.75) is 17.0 Å². The molecule has 1 aromatic carbocycles. The van der Waals surface area contributed by atoms with E-state index < -0.39 is 0 Å². The normalized spacial score (nSPS) is 9.94. The lowest BCUT2D eigenvalue weighted by atomic mass is 10.2. The van der Waals surface area contributed by atoms with E-state index in [9.17, 15) is 0 Å². The third kappa shape index (κ3) is 2.96. The minimum atomic E-state index is 0.540. The van der Waals surface area contributed by atoms with Gasteiger partial charge in [-0.15, -0.1) is 0 Å². The molecule has 84 valence electrons. The first-order valence-corrected chi connectivity index (χ1v) is 6.04. The van der Waals surface area contributed by atoms with Gasteiger partial charge in [-0.2, -0.15) is 5.26 Å². The van der Waals surface area contributed by atoms with Gasteiger partial charge in [-0.1, -0.05) is 11.6 Å². The second kappa shape index (κ2) is 5.17. The molecule has 0 fully saturated rings. The van der Waals surface area contributed by atoms with Gasteiger partial charge in [-0.25, -0.2) is 9.97 Å². The largest absolute Gasteiger partial charge is 0.231 e. The number of hydrogen-bond donors (Lipinski definition) is 0. The molecule has 5 heteroatoms. The molecule has 0 aliphatic rings. The lowest BCUT2D eigenvalue weighted by molar-refractivity contribution is 0.950. The lowest BCUT2D eigenvalue weighted by Gasteiger charge is -2.03. The molecule has 3 nitrogen and oxygen atoms in total. The zero-order valence-corrected chi connectivity index (χ0v) is 10.6. The van der Waals surface area contributed by atoms with Crippen molar-refractivity contribution >= 4 is 23.4 Å². The molecule has 0 atom stereocenters. The van der Waals surface area contributed by atoms with Crippen LogP contribution < -0.4 is 0 Å². The summed E-state index contributed by atoms with van der Waals surface area (Å²) in [6.45, 7) is 1.93. The third-order valence-corrected chi connectivity index (χ3v) is 3.41. The van der Waals surface area contributed by atoms with Gasteiger partial charge in [0.05, 0.1) is 16.7 Å². The van der Waals surface area contributed by atoms with Gasteiger partial charge in [-0.3, -0.25) is 0 Å². The van der Waals surface area contributed by atoms with E-state index in [1.807, 2.05) is 13.0 Å². The number of benzene rings is 1. The van der Waals surface area contributed by atoms with Gasteiger partial charge in [0.1, 0.15) is 0 Å². The van der Waals surface area contributed by atoms with Crippen LogP contribution in [0.2, 0.25) is 5.02 Å². The van der Waals surface area contributed by atoms with Gasteiger partial charge < -0.3 is 0 Å². The van der Waals surface area contributed by atoms with E-state index >= 15 is 0 Å². The van der Waals surface area contributed by atoms with E-state index in [0.29, 0.717) is 15.7 Å². The van der Waals surface area contributed by atoms with Crippen LogP contribution in [0.1, 0.15) is 11.1 Å². The van der Waals surface area contributed by atoms with Gasteiger partial charge in [0.2, 0.25) is 0 Å². The number of aromatic nitrogens is 2. The topological polar surface area (TPSA) is 49.6 Å². The Morgan fingerprint density at radius 1 is 1.29 bits per heavy atom. The molecule has 17 heavy (non-hydrogen) atoms. The molecule has 1 heterocycles. The van der Waals surface area contributed by atoms with Gasteiger partial charge in [0.15, 0.2) is 5.16 Å². The van der Waals surface area contributed by atoms with Crippen LogP contribution in [-0.2, 0) is 0 Å². The van der Waals surface area contributed by atoms with E-state index in [1.165, 1.54) is 11.8 Å². The van der Waals surface area contributed by atoms with E-state index in [0.717, 1.165) is 10.5 Å². The fourth-order valence-electron chi connectivity index (χ4n) is 1.18. The minimum Gasteiger partial charge on any atom is -0.231 e. The van der Waals surface area contributed by atoms with Gasteiger partial charge in [0.25, 0.3) is 0 Å². The highest BCUT2D eigenvalue weighted by atomic mass is 35.5.